The van der Waals surface area contributed by atoms with Crippen LogP contribution in [0.25, 0.3) is 0 Å². The maximum atomic E-state index is 12.9. The van der Waals surface area contributed by atoms with Crippen LogP contribution >= 0.6 is 0 Å². The Labute approximate surface area is 168 Å². The number of hydrogen-bond acceptors (Lipinski definition) is 4. The lowest BCUT2D eigenvalue weighted by Gasteiger charge is -2.25. The van der Waals surface area contributed by atoms with Crippen LogP contribution in [0.4, 0.5) is 18.9 Å². The van der Waals surface area contributed by atoms with Crippen LogP contribution in [-0.2, 0) is 10.9 Å². The highest BCUT2D eigenvalue weighted by atomic mass is 19.4. The van der Waals surface area contributed by atoms with Gasteiger partial charge in [-0.3, -0.25) is 9.89 Å². The van der Waals surface area contributed by atoms with E-state index in [1.807, 2.05) is 0 Å². The zero-order valence-corrected chi connectivity index (χ0v) is 16.6. The molecule has 7 nitrogen and oxygen atoms in total. The smallest absolute Gasteiger partial charge is 0.379 e. The Kier molecular flexibility index (Phi) is 8.47. The maximum Gasteiger partial charge on any atom is 0.416 e. The number of halogens is 3. The van der Waals surface area contributed by atoms with E-state index in [1.165, 1.54) is 12.1 Å². The van der Waals surface area contributed by atoms with Crippen molar-refractivity contribution < 1.29 is 17.9 Å². The van der Waals surface area contributed by atoms with Gasteiger partial charge in [0.25, 0.3) is 0 Å². The van der Waals surface area contributed by atoms with Crippen LogP contribution in [0.1, 0.15) is 12.5 Å². The second-order valence-electron chi connectivity index (χ2n) is 6.40. The fourth-order valence-corrected chi connectivity index (χ4v) is 2.58. The summed E-state index contributed by atoms with van der Waals surface area (Å²) >= 11 is 0. The molecule has 1 aromatic carbocycles. The van der Waals surface area contributed by atoms with E-state index in [1.54, 1.807) is 14.0 Å². The molecule has 1 heterocycles. The van der Waals surface area contributed by atoms with E-state index in [0.717, 1.165) is 45.0 Å². The average molecular weight is 412 g/mol. The zero-order valence-electron chi connectivity index (χ0n) is 16.6. The molecule has 0 saturated carbocycles. The second-order valence-corrected chi connectivity index (χ2v) is 6.40. The summed E-state index contributed by atoms with van der Waals surface area (Å²) in [7, 11) is 1.67. The summed E-state index contributed by atoms with van der Waals surface area (Å²) in [5, 5.41) is 8.56. The van der Waals surface area contributed by atoms with Crippen LogP contribution in [0.5, 0.6) is 0 Å². The topological polar surface area (TPSA) is 73.3 Å². The molecule has 1 aromatic rings. The van der Waals surface area contributed by atoms with Gasteiger partial charge >= 0.3 is 6.18 Å². The first kappa shape index (κ1) is 22.7. The number of hydrogen-bond donors (Lipinski definition) is 3. The Hall–Kier alpha value is -2.59. The van der Waals surface area contributed by atoms with Crippen molar-refractivity contribution in [2.75, 3.05) is 51.8 Å². The van der Waals surface area contributed by atoms with Crippen LogP contribution in [0, 0.1) is 0 Å². The van der Waals surface area contributed by atoms with Gasteiger partial charge in [-0.1, -0.05) is 12.6 Å². The molecule has 1 aliphatic rings. The van der Waals surface area contributed by atoms with Gasteiger partial charge in [0, 0.05) is 32.4 Å². The summed E-state index contributed by atoms with van der Waals surface area (Å²) < 4.78 is 44.1. The number of nitrogens with one attached hydrogen (secondary N) is 3. The van der Waals surface area contributed by atoms with Crippen molar-refractivity contribution >= 4 is 17.5 Å². The number of morpholine rings is 1. The van der Waals surface area contributed by atoms with E-state index in [-0.39, 0.29) is 11.6 Å². The Morgan fingerprint density at radius 3 is 2.66 bits per heavy atom. The summed E-state index contributed by atoms with van der Waals surface area (Å²) in [6.45, 7) is 10.1. The summed E-state index contributed by atoms with van der Waals surface area (Å²) in [6.07, 6.45) is -4.42. The summed E-state index contributed by atoms with van der Waals surface area (Å²) in [4.78, 5) is 11.0. The number of ether oxygens (including phenoxy) is 1. The van der Waals surface area contributed by atoms with Gasteiger partial charge in [-0.05, 0) is 25.1 Å². The molecule has 29 heavy (non-hydrogen) atoms. The van der Waals surface area contributed by atoms with Gasteiger partial charge in [0.15, 0.2) is 0 Å². The van der Waals surface area contributed by atoms with Crippen LogP contribution in [0.15, 0.2) is 46.7 Å². The number of alkyl halides is 3. The normalized spacial score (nSPS) is 16.4. The highest BCUT2D eigenvalue weighted by Crippen LogP contribution is 2.30. The molecule has 3 N–H and O–H groups in total. The molecule has 1 saturated heterocycles. The van der Waals surface area contributed by atoms with Gasteiger partial charge < -0.3 is 20.7 Å². The molecule has 0 radical (unpaired) electrons. The first-order valence-electron chi connectivity index (χ1n) is 9.25. The Morgan fingerprint density at radius 1 is 1.28 bits per heavy atom. The first-order chi connectivity index (χ1) is 13.8. The third kappa shape index (κ3) is 8.12. The molecule has 1 aliphatic heterocycles. The molecule has 160 valence electrons. The van der Waals surface area contributed by atoms with Gasteiger partial charge in [-0.2, -0.15) is 13.2 Å². The van der Waals surface area contributed by atoms with Crippen molar-refractivity contribution in [2.24, 2.45) is 9.98 Å². The van der Waals surface area contributed by atoms with Gasteiger partial charge in [-0.15, -0.1) is 0 Å². The number of nitrogens with zero attached hydrogens (tertiary/aromatic N) is 3. The van der Waals surface area contributed by atoms with Crippen molar-refractivity contribution in [3.63, 3.8) is 0 Å². The zero-order chi connectivity index (χ0) is 21.3. The van der Waals surface area contributed by atoms with Crippen molar-refractivity contribution in [2.45, 2.75) is 13.1 Å². The summed E-state index contributed by atoms with van der Waals surface area (Å²) in [6, 6.07) is 4.89. The maximum absolute atomic E-state index is 12.9. The Balaban J connectivity index is 2.07. The minimum atomic E-state index is -4.42. The van der Waals surface area contributed by atoms with E-state index in [4.69, 9.17) is 4.74 Å². The van der Waals surface area contributed by atoms with Gasteiger partial charge in [0.2, 0.25) is 5.96 Å². The highest BCUT2D eigenvalue weighted by Gasteiger charge is 2.30. The SMILES string of the molecule is C=C(NC)NC(=NC(C)=NCCN1CCOCC1)Nc1cccc(C(F)(F)F)c1. The van der Waals surface area contributed by atoms with Crippen LogP contribution in [0.3, 0.4) is 0 Å². The van der Waals surface area contributed by atoms with E-state index < -0.39 is 11.7 Å². The van der Waals surface area contributed by atoms with Gasteiger partial charge in [0.05, 0.1) is 31.1 Å². The number of rotatable bonds is 6. The predicted octanol–water partition coefficient (Wildman–Crippen LogP) is 2.50. The van der Waals surface area contributed by atoms with Crippen molar-refractivity contribution in [1.29, 1.82) is 0 Å². The van der Waals surface area contributed by atoms with Crippen LogP contribution in [-0.4, -0.2) is 63.1 Å². The molecule has 10 heteroatoms. The van der Waals surface area contributed by atoms with E-state index in [0.29, 0.717) is 18.2 Å². The predicted molar refractivity (Wildman–Crippen MR) is 109 cm³/mol. The quantitative estimate of drug-likeness (QED) is 0.495. The number of benzene rings is 1. The van der Waals surface area contributed by atoms with Crippen molar-refractivity contribution in [1.82, 2.24) is 15.5 Å². The lowest BCUT2D eigenvalue weighted by molar-refractivity contribution is -0.137. The monoisotopic (exact) mass is 412 g/mol. The van der Waals surface area contributed by atoms with Crippen LogP contribution < -0.4 is 16.0 Å². The molecule has 0 bridgehead atoms. The largest absolute Gasteiger partial charge is 0.416 e. The van der Waals surface area contributed by atoms with Crippen LogP contribution in [0.2, 0.25) is 0 Å². The number of aliphatic imine (C=N–C) groups is 2. The molecule has 1 fully saturated rings. The number of guanidine groups is 1. The number of amidine groups is 1. The third-order valence-corrected chi connectivity index (χ3v) is 4.16. The molecule has 0 aromatic heterocycles. The molecule has 0 amide bonds. The average Bonchev–Trinajstić information content (AvgIpc) is 2.68. The Bertz CT molecular complexity index is 742. The lowest BCUT2D eigenvalue weighted by atomic mass is 10.2. The lowest BCUT2D eigenvalue weighted by Crippen LogP contribution is -2.37. The van der Waals surface area contributed by atoms with Crippen molar-refractivity contribution in [3.05, 3.63) is 42.2 Å². The fourth-order valence-electron chi connectivity index (χ4n) is 2.58. The summed E-state index contributed by atoms with van der Waals surface area (Å²) in [5.41, 5.74) is -0.499. The summed E-state index contributed by atoms with van der Waals surface area (Å²) in [5.74, 6) is 1.14. The standard InChI is InChI=1S/C19H27F3N6O/c1-14(23-3)25-18(27-17-6-4-5-16(13-17)19(20,21)22)26-15(2)24-7-8-28-9-11-29-12-10-28/h4-6,13,23H,1,7-12H2,2-3H3,(H2,24,25,26,27). The highest BCUT2D eigenvalue weighted by molar-refractivity contribution is 6.02. The second kappa shape index (κ2) is 10.8. The first-order valence-corrected chi connectivity index (χ1v) is 9.25. The molecule has 2 rings (SSSR count). The fraction of sp³-hybridized carbons (Fsp3) is 0.474. The van der Waals surface area contributed by atoms with E-state index in [9.17, 15) is 13.2 Å². The third-order valence-electron chi connectivity index (χ3n) is 4.16. The molecule has 0 atom stereocenters. The molecule has 0 unspecified atom stereocenters. The van der Waals surface area contributed by atoms with Gasteiger partial charge in [-0.25, -0.2) is 4.99 Å². The van der Waals surface area contributed by atoms with Crippen molar-refractivity contribution in [3.8, 4) is 0 Å². The molecular formula is C19H27F3N6O. The van der Waals surface area contributed by atoms with E-state index >= 15 is 0 Å². The molecule has 0 aliphatic carbocycles. The molecular weight excluding hydrogens is 385 g/mol. The van der Waals surface area contributed by atoms with Gasteiger partial charge in [0.1, 0.15) is 5.84 Å². The minimum Gasteiger partial charge on any atom is -0.379 e. The minimum absolute atomic E-state index is 0.219. The van der Waals surface area contributed by atoms with E-state index in [2.05, 4.69) is 37.4 Å². The molecule has 0 spiro atoms. The Morgan fingerprint density at radius 2 is 2.00 bits per heavy atom. The number of anilines is 1.